The van der Waals surface area contributed by atoms with Crippen LogP contribution in [0.25, 0.3) is 0 Å². The predicted molar refractivity (Wildman–Crippen MR) is 63.7 cm³/mol. The van der Waals surface area contributed by atoms with E-state index in [9.17, 15) is 22.3 Å². The van der Waals surface area contributed by atoms with Crippen LogP contribution in [0.5, 0.6) is 0 Å². The van der Waals surface area contributed by atoms with Crippen LogP contribution < -0.4 is 4.72 Å². The molecule has 0 aromatic heterocycles. The highest BCUT2D eigenvalue weighted by atomic mass is 32.2. The molecule has 0 aliphatic rings. The van der Waals surface area contributed by atoms with E-state index in [1.54, 1.807) is 6.07 Å². The molecule has 0 saturated heterocycles. The molecular weight excluding hydrogens is 264 g/mol. The third-order valence-corrected chi connectivity index (χ3v) is 3.74. The summed E-state index contributed by atoms with van der Waals surface area (Å²) < 4.78 is 49.9. The first-order valence-corrected chi connectivity index (χ1v) is 7.07. The zero-order valence-electron chi connectivity index (χ0n) is 9.64. The monoisotopic (exact) mass is 279 g/mol. The standard InChI is InChI=1S/C11H15F2NO3S/c12-6-3-7-18(16,17)14-8-11(15)9-4-1-2-5-10(9)13/h1-2,4-5,11,14-15H,3,6-8H2. The largest absolute Gasteiger partial charge is 0.387 e. The van der Waals surface area contributed by atoms with Crippen LogP contribution in [0.3, 0.4) is 0 Å². The van der Waals surface area contributed by atoms with Crippen molar-refractivity contribution in [3.05, 3.63) is 35.6 Å². The Morgan fingerprint density at radius 1 is 1.33 bits per heavy atom. The highest BCUT2D eigenvalue weighted by molar-refractivity contribution is 7.89. The molecule has 0 fully saturated rings. The van der Waals surface area contributed by atoms with E-state index in [2.05, 4.69) is 4.72 Å². The van der Waals surface area contributed by atoms with E-state index >= 15 is 0 Å². The fraction of sp³-hybridized carbons (Fsp3) is 0.455. The van der Waals surface area contributed by atoms with Crippen molar-refractivity contribution in [2.24, 2.45) is 0 Å². The van der Waals surface area contributed by atoms with Gasteiger partial charge in [-0.25, -0.2) is 17.5 Å². The Bertz CT molecular complexity index is 479. The van der Waals surface area contributed by atoms with Crippen LogP contribution in [0.4, 0.5) is 8.78 Å². The molecule has 1 aromatic carbocycles. The van der Waals surface area contributed by atoms with Gasteiger partial charge in [0.15, 0.2) is 0 Å². The molecule has 1 atom stereocenters. The topological polar surface area (TPSA) is 66.4 Å². The molecule has 0 amide bonds. The summed E-state index contributed by atoms with van der Waals surface area (Å²) in [6, 6.07) is 5.56. The number of benzene rings is 1. The van der Waals surface area contributed by atoms with Gasteiger partial charge in [0.05, 0.1) is 18.5 Å². The summed E-state index contributed by atoms with van der Waals surface area (Å²) in [7, 11) is -3.63. The third kappa shape index (κ3) is 4.67. The Labute approximate surface area is 105 Å². The molecule has 0 saturated carbocycles. The highest BCUT2D eigenvalue weighted by Crippen LogP contribution is 2.15. The molecule has 0 bridgehead atoms. The van der Waals surface area contributed by atoms with Crippen molar-refractivity contribution in [1.29, 1.82) is 0 Å². The normalized spacial score (nSPS) is 13.5. The Morgan fingerprint density at radius 2 is 2.00 bits per heavy atom. The molecule has 0 radical (unpaired) electrons. The average Bonchev–Trinajstić information content (AvgIpc) is 2.34. The predicted octanol–water partition coefficient (Wildman–Crippen LogP) is 1.14. The summed E-state index contributed by atoms with van der Waals surface area (Å²) in [5.41, 5.74) is 0.0192. The van der Waals surface area contributed by atoms with Crippen LogP contribution in [0.2, 0.25) is 0 Å². The molecule has 0 heterocycles. The van der Waals surface area contributed by atoms with Crippen LogP contribution in [-0.4, -0.2) is 32.5 Å². The van der Waals surface area contributed by atoms with E-state index in [0.717, 1.165) is 0 Å². The number of nitrogens with one attached hydrogen (secondary N) is 1. The van der Waals surface area contributed by atoms with Crippen molar-refractivity contribution in [3.8, 4) is 0 Å². The number of rotatable bonds is 7. The smallest absolute Gasteiger partial charge is 0.211 e. The van der Waals surface area contributed by atoms with E-state index in [1.165, 1.54) is 18.2 Å². The van der Waals surface area contributed by atoms with Crippen LogP contribution in [-0.2, 0) is 10.0 Å². The van der Waals surface area contributed by atoms with Gasteiger partial charge >= 0.3 is 0 Å². The second kappa shape index (κ2) is 6.77. The number of hydrogen-bond acceptors (Lipinski definition) is 3. The highest BCUT2D eigenvalue weighted by Gasteiger charge is 2.16. The SMILES string of the molecule is O=S(=O)(CCCF)NCC(O)c1ccccc1F. The molecule has 1 aromatic rings. The lowest BCUT2D eigenvalue weighted by molar-refractivity contribution is 0.177. The molecular formula is C11H15F2NO3S. The van der Waals surface area contributed by atoms with Crippen molar-refractivity contribution in [1.82, 2.24) is 4.72 Å². The second-order valence-corrected chi connectivity index (χ2v) is 5.67. The number of aliphatic hydroxyl groups is 1. The van der Waals surface area contributed by atoms with Crippen molar-refractivity contribution in [3.63, 3.8) is 0 Å². The van der Waals surface area contributed by atoms with Crippen LogP contribution in [0, 0.1) is 5.82 Å². The maximum absolute atomic E-state index is 13.3. The Morgan fingerprint density at radius 3 is 2.61 bits per heavy atom. The van der Waals surface area contributed by atoms with Gasteiger partial charge in [0.2, 0.25) is 10.0 Å². The van der Waals surface area contributed by atoms with Crippen molar-refractivity contribution < 1.29 is 22.3 Å². The minimum absolute atomic E-state index is 0.0192. The van der Waals surface area contributed by atoms with E-state index in [0.29, 0.717) is 0 Å². The van der Waals surface area contributed by atoms with Gasteiger partial charge in [-0.3, -0.25) is 4.39 Å². The van der Waals surface area contributed by atoms with E-state index in [-0.39, 0.29) is 24.3 Å². The zero-order chi connectivity index (χ0) is 13.6. The molecule has 0 aliphatic carbocycles. The van der Waals surface area contributed by atoms with E-state index < -0.39 is 28.6 Å². The lowest BCUT2D eigenvalue weighted by Crippen LogP contribution is -2.31. The summed E-state index contributed by atoms with van der Waals surface area (Å²) >= 11 is 0. The number of alkyl halides is 1. The number of aliphatic hydroxyl groups excluding tert-OH is 1. The number of halogens is 2. The minimum Gasteiger partial charge on any atom is -0.387 e. The lowest BCUT2D eigenvalue weighted by Gasteiger charge is -2.13. The Balaban J connectivity index is 2.56. The summed E-state index contributed by atoms with van der Waals surface area (Å²) in [4.78, 5) is 0. The first-order chi connectivity index (χ1) is 8.46. The van der Waals surface area contributed by atoms with Gasteiger partial charge in [-0.1, -0.05) is 18.2 Å². The molecule has 1 unspecified atom stereocenters. The first kappa shape index (κ1) is 15.0. The maximum atomic E-state index is 13.3. The Kier molecular flexibility index (Phi) is 5.64. The Hall–Kier alpha value is -1.05. The number of sulfonamides is 1. The number of hydrogen-bond donors (Lipinski definition) is 2. The minimum atomic E-state index is -3.63. The van der Waals surface area contributed by atoms with Gasteiger partial charge < -0.3 is 5.11 Å². The summed E-state index contributed by atoms with van der Waals surface area (Å²) in [5, 5.41) is 9.65. The molecule has 102 valence electrons. The van der Waals surface area contributed by atoms with Gasteiger partial charge in [0.25, 0.3) is 0 Å². The van der Waals surface area contributed by atoms with E-state index in [1.807, 2.05) is 0 Å². The van der Waals surface area contributed by atoms with Crippen LogP contribution >= 0.6 is 0 Å². The molecule has 0 aliphatic heterocycles. The second-order valence-electron chi connectivity index (χ2n) is 3.75. The van der Waals surface area contributed by atoms with Crippen LogP contribution in [0.15, 0.2) is 24.3 Å². The molecule has 18 heavy (non-hydrogen) atoms. The molecule has 4 nitrogen and oxygen atoms in total. The fourth-order valence-electron chi connectivity index (χ4n) is 1.38. The third-order valence-electron chi connectivity index (χ3n) is 2.31. The molecule has 1 rings (SSSR count). The molecule has 0 spiro atoms. The maximum Gasteiger partial charge on any atom is 0.211 e. The summed E-state index contributed by atoms with van der Waals surface area (Å²) in [6.07, 6.45) is -1.38. The van der Waals surface area contributed by atoms with E-state index in [4.69, 9.17) is 0 Å². The lowest BCUT2D eigenvalue weighted by atomic mass is 10.1. The van der Waals surface area contributed by atoms with Gasteiger partial charge in [0.1, 0.15) is 5.82 Å². The van der Waals surface area contributed by atoms with Crippen molar-refractivity contribution in [2.75, 3.05) is 19.0 Å². The zero-order valence-corrected chi connectivity index (χ0v) is 10.5. The van der Waals surface area contributed by atoms with Gasteiger partial charge in [0, 0.05) is 12.1 Å². The molecule has 2 N–H and O–H groups in total. The fourth-order valence-corrected chi connectivity index (χ4v) is 2.42. The van der Waals surface area contributed by atoms with Gasteiger partial charge in [-0.2, -0.15) is 0 Å². The summed E-state index contributed by atoms with van der Waals surface area (Å²) in [5.74, 6) is -0.957. The van der Waals surface area contributed by atoms with Crippen LogP contribution in [0.1, 0.15) is 18.1 Å². The summed E-state index contributed by atoms with van der Waals surface area (Å²) in [6.45, 7) is -1.06. The quantitative estimate of drug-likeness (QED) is 0.786. The first-order valence-electron chi connectivity index (χ1n) is 5.42. The van der Waals surface area contributed by atoms with Crippen molar-refractivity contribution >= 4 is 10.0 Å². The van der Waals surface area contributed by atoms with Crippen molar-refractivity contribution in [2.45, 2.75) is 12.5 Å². The van der Waals surface area contributed by atoms with Gasteiger partial charge in [-0.15, -0.1) is 0 Å². The average molecular weight is 279 g/mol. The molecule has 7 heteroatoms. The van der Waals surface area contributed by atoms with Gasteiger partial charge in [-0.05, 0) is 12.5 Å².